The Morgan fingerprint density at radius 3 is 2.33 bits per heavy atom. The van der Waals surface area contributed by atoms with E-state index in [1.165, 1.54) is 6.20 Å². The highest BCUT2D eigenvalue weighted by Gasteiger charge is 2.20. The number of carbonyl (C=O) groups excluding carboxylic acids is 1. The van der Waals surface area contributed by atoms with Crippen LogP contribution in [0, 0.1) is 0 Å². The number of benzene rings is 1. The third kappa shape index (κ3) is 4.17. The molecule has 0 radical (unpaired) electrons. The number of ether oxygens (including phenoxy) is 2. The number of rotatable bonds is 4. The third-order valence-corrected chi connectivity index (χ3v) is 4.69. The fraction of sp³-hybridized carbons (Fsp3) is 0.421. The molecule has 0 aliphatic carbocycles. The number of nitrogens with zero attached hydrogens (tertiary/aromatic N) is 4. The van der Waals surface area contributed by atoms with Gasteiger partial charge in [0.05, 0.1) is 50.2 Å². The van der Waals surface area contributed by atoms with Gasteiger partial charge in [-0.2, -0.15) is 0 Å². The number of anilines is 3. The van der Waals surface area contributed by atoms with Crippen molar-refractivity contribution in [2.45, 2.75) is 0 Å². The van der Waals surface area contributed by atoms with Crippen LogP contribution >= 0.6 is 0 Å². The summed E-state index contributed by atoms with van der Waals surface area (Å²) >= 11 is 0. The average molecular weight is 369 g/mol. The Bertz CT molecular complexity index is 771. The van der Waals surface area contributed by atoms with E-state index in [0.717, 1.165) is 37.7 Å². The molecule has 1 N–H and O–H groups in total. The number of carbonyl (C=O) groups is 1. The number of hydrogen-bond donors (Lipinski definition) is 1. The molecular formula is C19H23N5O3. The minimum Gasteiger partial charge on any atom is -0.378 e. The highest BCUT2D eigenvalue weighted by molar-refractivity contribution is 5.92. The number of hydrogen-bond acceptors (Lipinski definition) is 7. The van der Waals surface area contributed by atoms with Crippen LogP contribution in [0.15, 0.2) is 36.7 Å². The summed E-state index contributed by atoms with van der Waals surface area (Å²) in [5.41, 5.74) is 2.42. The Balaban J connectivity index is 1.46. The van der Waals surface area contributed by atoms with Crippen LogP contribution in [0.5, 0.6) is 0 Å². The summed E-state index contributed by atoms with van der Waals surface area (Å²) in [6.45, 7) is 5.49. The van der Waals surface area contributed by atoms with Crippen LogP contribution in [-0.4, -0.2) is 73.4 Å². The number of para-hydroxylation sites is 2. The van der Waals surface area contributed by atoms with Crippen LogP contribution < -0.4 is 10.2 Å². The quantitative estimate of drug-likeness (QED) is 0.875. The average Bonchev–Trinajstić information content (AvgIpc) is 2.75. The van der Waals surface area contributed by atoms with Gasteiger partial charge in [-0.25, -0.2) is 9.97 Å². The molecule has 0 saturated carbocycles. The van der Waals surface area contributed by atoms with Crippen LogP contribution in [0.25, 0.3) is 0 Å². The lowest BCUT2D eigenvalue weighted by molar-refractivity contribution is 0.0298. The van der Waals surface area contributed by atoms with Crippen LogP contribution in [-0.2, 0) is 9.47 Å². The molecule has 142 valence electrons. The predicted octanol–water partition coefficient (Wildman–Crippen LogP) is 1.53. The first-order chi connectivity index (χ1) is 13.3. The van der Waals surface area contributed by atoms with Gasteiger partial charge in [-0.05, 0) is 12.1 Å². The van der Waals surface area contributed by atoms with Gasteiger partial charge in [0, 0.05) is 26.2 Å². The molecule has 2 saturated heterocycles. The molecule has 27 heavy (non-hydrogen) atoms. The highest BCUT2D eigenvalue weighted by Crippen LogP contribution is 2.28. The summed E-state index contributed by atoms with van der Waals surface area (Å²) in [4.78, 5) is 25.2. The van der Waals surface area contributed by atoms with Crippen LogP contribution in [0.3, 0.4) is 0 Å². The van der Waals surface area contributed by atoms with Crippen molar-refractivity contribution < 1.29 is 14.3 Å². The molecule has 0 unspecified atom stereocenters. The van der Waals surface area contributed by atoms with Gasteiger partial charge in [-0.1, -0.05) is 12.1 Å². The minimum atomic E-state index is -0.105. The first kappa shape index (κ1) is 17.7. The molecule has 8 nitrogen and oxygen atoms in total. The number of aromatic nitrogens is 2. The smallest absolute Gasteiger partial charge is 0.274 e. The first-order valence-corrected chi connectivity index (χ1v) is 9.19. The summed E-state index contributed by atoms with van der Waals surface area (Å²) in [5, 5.41) is 3.31. The zero-order valence-corrected chi connectivity index (χ0v) is 15.1. The number of amides is 1. The second kappa shape index (κ2) is 8.32. The lowest BCUT2D eigenvalue weighted by Crippen LogP contribution is -2.41. The SMILES string of the molecule is O=C(c1cnc(Nc2ccccc2N2CCOCC2)cn1)N1CCOCC1. The van der Waals surface area contributed by atoms with E-state index in [4.69, 9.17) is 9.47 Å². The molecule has 4 rings (SSSR count). The molecule has 2 fully saturated rings. The Kier molecular flexibility index (Phi) is 5.45. The van der Waals surface area contributed by atoms with E-state index in [9.17, 15) is 4.79 Å². The summed E-state index contributed by atoms with van der Waals surface area (Å²) < 4.78 is 10.7. The fourth-order valence-electron chi connectivity index (χ4n) is 3.23. The van der Waals surface area contributed by atoms with Gasteiger partial charge < -0.3 is 24.6 Å². The van der Waals surface area contributed by atoms with E-state index in [1.807, 2.05) is 18.2 Å². The van der Waals surface area contributed by atoms with Crippen molar-refractivity contribution in [3.05, 3.63) is 42.4 Å². The largest absolute Gasteiger partial charge is 0.378 e. The molecule has 1 aromatic heterocycles. The Hall–Kier alpha value is -2.71. The molecular weight excluding hydrogens is 346 g/mol. The Morgan fingerprint density at radius 2 is 1.63 bits per heavy atom. The standard InChI is InChI=1S/C19H23N5O3/c25-19(24-7-11-27-12-8-24)16-13-21-18(14-20-16)22-15-3-1-2-4-17(15)23-5-9-26-10-6-23/h1-4,13-14H,5-12H2,(H,21,22). The van der Waals surface area contributed by atoms with Crippen molar-refractivity contribution in [3.63, 3.8) is 0 Å². The Labute approximate surface area is 158 Å². The van der Waals surface area contributed by atoms with Gasteiger partial charge >= 0.3 is 0 Å². The molecule has 0 bridgehead atoms. The Morgan fingerprint density at radius 1 is 0.926 bits per heavy atom. The van der Waals surface area contributed by atoms with Gasteiger partial charge in [0.2, 0.25) is 0 Å². The van der Waals surface area contributed by atoms with Crippen molar-refractivity contribution >= 4 is 23.1 Å². The lowest BCUT2D eigenvalue weighted by Gasteiger charge is -2.30. The van der Waals surface area contributed by atoms with Crippen LogP contribution in [0.4, 0.5) is 17.2 Å². The van der Waals surface area contributed by atoms with E-state index in [-0.39, 0.29) is 5.91 Å². The molecule has 2 aliphatic heterocycles. The number of morpholine rings is 2. The zero-order chi connectivity index (χ0) is 18.5. The van der Waals surface area contributed by atoms with Gasteiger partial charge in [0.15, 0.2) is 0 Å². The topological polar surface area (TPSA) is 79.8 Å². The van der Waals surface area contributed by atoms with Crippen molar-refractivity contribution in [1.82, 2.24) is 14.9 Å². The summed E-state index contributed by atoms with van der Waals surface area (Å²) in [6, 6.07) is 8.10. The first-order valence-electron chi connectivity index (χ1n) is 9.19. The van der Waals surface area contributed by atoms with E-state index in [0.29, 0.717) is 37.8 Å². The molecule has 0 spiro atoms. The maximum absolute atomic E-state index is 12.5. The molecule has 3 heterocycles. The van der Waals surface area contributed by atoms with Gasteiger partial charge in [-0.3, -0.25) is 4.79 Å². The highest BCUT2D eigenvalue weighted by atomic mass is 16.5. The molecule has 2 aliphatic rings. The van der Waals surface area contributed by atoms with Gasteiger partial charge in [-0.15, -0.1) is 0 Å². The summed E-state index contributed by atoms with van der Waals surface area (Å²) in [7, 11) is 0. The van der Waals surface area contributed by atoms with Crippen LogP contribution in [0.2, 0.25) is 0 Å². The fourth-order valence-corrected chi connectivity index (χ4v) is 3.23. The van der Waals surface area contributed by atoms with Crippen molar-refractivity contribution in [3.8, 4) is 0 Å². The van der Waals surface area contributed by atoms with E-state index in [2.05, 4.69) is 26.3 Å². The third-order valence-electron chi connectivity index (χ3n) is 4.69. The van der Waals surface area contributed by atoms with E-state index in [1.54, 1.807) is 11.1 Å². The zero-order valence-electron chi connectivity index (χ0n) is 15.1. The monoisotopic (exact) mass is 369 g/mol. The maximum Gasteiger partial charge on any atom is 0.274 e. The molecule has 1 aromatic carbocycles. The lowest BCUT2D eigenvalue weighted by atomic mass is 10.2. The van der Waals surface area contributed by atoms with Gasteiger partial charge in [0.25, 0.3) is 5.91 Å². The van der Waals surface area contributed by atoms with Crippen LogP contribution in [0.1, 0.15) is 10.5 Å². The normalized spacial score (nSPS) is 17.6. The second-order valence-electron chi connectivity index (χ2n) is 6.43. The molecule has 8 heteroatoms. The maximum atomic E-state index is 12.5. The van der Waals surface area contributed by atoms with E-state index >= 15 is 0 Å². The van der Waals surface area contributed by atoms with Crippen molar-refractivity contribution in [1.29, 1.82) is 0 Å². The summed E-state index contributed by atoms with van der Waals surface area (Å²) in [5.74, 6) is 0.500. The predicted molar refractivity (Wildman–Crippen MR) is 102 cm³/mol. The second-order valence-corrected chi connectivity index (χ2v) is 6.43. The van der Waals surface area contributed by atoms with Crippen molar-refractivity contribution in [2.24, 2.45) is 0 Å². The molecule has 2 aromatic rings. The van der Waals surface area contributed by atoms with Gasteiger partial charge in [0.1, 0.15) is 11.5 Å². The molecule has 0 atom stereocenters. The molecule has 1 amide bonds. The van der Waals surface area contributed by atoms with E-state index < -0.39 is 0 Å². The van der Waals surface area contributed by atoms with Crippen molar-refractivity contribution in [2.75, 3.05) is 62.8 Å². The number of nitrogens with one attached hydrogen (secondary N) is 1. The minimum absolute atomic E-state index is 0.105. The summed E-state index contributed by atoms with van der Waals surface area (Å²) in [6.07, 6.45) is 3.13.